The molecule has 0 fully saturated rings. The third-order valence-electron chi connectivity index (χ3n) is 7.07. The number of ether oxygens (including phenoxy) is 1. The van der Waals surface area contributed by atoms with Crippen LogP contribution in [0.25, 0.3) is 42.9 Å². The third kappa shape index (κ3) is 5.64. The number of aryl methyl sites for hydroxylation is 3. The Balaban J connectivity index is 1.36. The Labute approximate surface area is 265 Å². The van der Waals surface area contributed by atoms with Crippen LogP contribution in [0.2, 0.25) is 5.02 Å². The van der Waals surface area contributed by atoms with Crippen LogP contribution in [0.1, 0.15) is 33.1 Å². The van der Waals surface area contributed by atoms with Crippen molar-refractivity contribution < 1.29 is 27.8 Å². The number of pyridine rings is 2. The first-order valence-electron chi connectivity index (χ1n) is 13.3. The number of nitrogens with zero attached hydrogens (tertiary/aromatic N) is 5. The molecule has 0 radical (unpaired) electrons. The van der Waals surface area contributed by atoms with Crippen LogP contribution in [0, 0.1) is 20.8 Å². The molecular formula is C30H21ClF3N5O4S2. The number of carbonyl (C=O) groups is 1. The van der Waals surface area contributed by atoms with Gasteiger partial charge in [-0.3, -0.25) is 14.3 Å². The highest BCUT2D eigenvalue weighted by Crippen LogP contribution is 2.41. The smallest absolute Gasteiger partial charge is 0.418 e. The Morgan fingerprint density at radius 1 is 1.04 bits per heavy atom. The van der Waals surface area contributed by atoms with Gasteiger partial charge in [0, 0.05) is 27.2 Å². The second-order valence-corrected chi connectivity index (χ2v) is 12.2. The highest BCUT2D eigenvalue weighted by atomic mass is 35.5. The van der Waals surface area contributed by atoms with E-state index in [1.807, 2.05) is 6.07 Å². The van der Waals surface area contributed by atoms with Crippen LogP contribution in [0.3, 0.4) is 0 Å². The van der Waals surface area contributed by atoms with Gasteiger partial charge in [-0.25, -0.2) is 19.7 Å². The summed E-state index contributed by atoms with van der Waals surface area (Å²) in [6, 6.07) is 7.68. The van der Waals surface area contributed by atoms with E-state index in [1.54, 1.807) is 32.0 Å². The molecule has 5 aromatic heterocycles. The maximum Gasteiger partial charge on any atom is 0.418 e. The van der Waals surface area contributed by atoms with Gasteiger partial charge in [-0.1, -0.05) is 11.6 Å². The Kier molecular flexibility index (Phi) is 7.83. The van der Waals surface area contributed by atoms with Crippen molar-refractivity contribution in [1.82, 2.24) is 24.5 Å². The second kappa shape index (κ2) is 11.5. The summed E-state index contributed by atoms with van der Waals surface area (Å²) >= 11 is 8.59. The average molecular weight is 672 g/mol. The third-order valence-corrected chi connectivity index (χ3v) is 9.25. The zero-order valence-electron chi connectivity index (χ0n) is 23.7. The van der Waals surface area contributed by atoms with Gasteiger partial charge in [0.05, 0.1) is 55.2 Å². The van der Waals surface area contributed by atoms with Crippen LogP contribution in [0.5, 0.6) is 5.75 Å². The molecule has 0 unspecified atom stereocenters. The van der Waals surface area contributed by atoms with Crippen molar-refractivity contribution in [2.24, 2.45) is 0 Å². The maximum atomic E-state index is 14.0. The number of halogens is 4. The molecule has 9 nitrogen and oxygen atoms in total. The van der Waals surface area contributed by atoms with Crippen molar-refractivity contribution in [3.05, 3.63) is 84.9 Å². The predicted molar refractivity (Wildman–Crippen MR) is 167 cm³/mol. The molecule has 0 bridgehead atoms. The molecule has 15 heteroatoms. The lowest BCUT2D eigenvalue weighted by atomic mass is 10.0. The molecular weight excluding hydrogens is 651 g/mol. The lowest BCUT2D eigenvalue weighted by Gasteiger charge is -2.16. The van der Waals surface area contributed by atoms with Gasteiger partial charge in [0.1, 0.15) is 18.2 Å². The summed E-state index contributed by atoms with van der Waals surface area (Å²) in [7, 11) is 0. The number of aromatic nitrogens is 5. The zero-order chi connectivity index (χ0) is 32.2. The number of thiophene rings is 1. The van der Waals surface area contributed by atoms with E-state index in [0.29, 0.717) is 43.5 Å². The van der Waals surface area contributed by atoms with Crippen molar-refractivity contribution >= 4 is 61.5 Å². The van der Waals surface area contributed by atoms with Crippen molar-refractivity contribution in [3.8, 4) is 27.4 Å². The van der Waals surface area contributed by atoms with Gasteiger partial charge in [-0.15, -0.1) is 22.7 Å². The number of hydrogen-bond donors (Lipinski definition) is 1. The Morgan fingerprint density at radius 3 is 2.51 bits per heavy atom. The van der Waals surface area contributed by atoms with Gasteiger partial charge >= 0.3 is 12.1 Å². The standard InChI is InChI=1S/C30H21ClF3N5O4S2/c1-13-8-18(27-23(36-13)19(11-44-27)29(41)42)17-9-16(31)4-5-22(17)43-7-6-39-15(3)37-21-10-20(30(32,33)34)24(38-25(21)28(39)40)26-14(2)35-12-45-26/h4-5,8-12H,6-7H2,1-3H3,(H,41,42). The number of thiazole rings is 1. The topological polar surface area (TPSA) is 120 Å². The molecule has 0 aliphatic carbocycles. The summed E-state index contributed by atoms with van der Waals surface area (Å²) in [6.07, 6.45) is -4.72. The van der Waals surface area contributed by atoms with Crippen molar-refractivity contribution in [1.29, 1.82) is 0 Å². The van der Waals surface area contributed by atoms with Crippen LogP contribution in [0.15, 0.2) is 46.0 Å². The van der Waals surface area contributed by atoms with E-state index < -0.39 is 23.3 Å². The average Bonchev–Trinajstić information content (AvgIpc) is 3.60. The summed E-state index contributed by atoms with van der Waals surface area (Å²) in [5.74, 6) is -0.474. The normalized spacial score (nSPS) is 11.9. The highest BCUT2D eigenvalue weighted by Gasteiger charge is 2.36. The monoisotopic (exact) mass is 671 g/mol. The minimum atomic E-state index is -4.72. The molecule has 0 spiro atoms. The molecule has 0 aliphatic heterocycles. The van der Waals surface area contributed by atoms with Gasteiger partial charge in [0.2, 0.25) is 0 Å². The summed E-state index contributed by atoms with van der Waals surface area (Å²) in [4.78, 5) is 42.5. The van der Waals surface area contributed by atoms with E-state index >= 15 is 0 Å². The van der Waals surface area contributed by atoms with Crippen LogP contribution in [-0.4, -0.2) is 42.2 Å². The fourth-order valence-electron chi connectivity index (χ4n) is 5.01. The molecule has 0 saturated carbocycles. The lowest BCUT2D eigenvalue weighted by molar-refractivity contribution is -0.137. The first-order chi connectivity index (χ1) is 21.3. The molecule has 1 N–H and O–H groups in total. The number of benzene rings is 1. The largest absolute Gasteiger partial charge is 0.491 e. The molecule has 1 aromatic carbocycles. The molecule has 0 atom stereocenters. The number of fused-ring (bicyclic) bond motifs is 2. The summed E-state index contributed by atoms with van der Waals surface area (Å²) in [5, 5.41) is 11.6. The van der Waals surface area contributed by atoms with E-state index in [0.717, 1.165) is 17.4 Å². The fourth-order valence-corrected chi connectivity index (χ4v) is 7.00. The number of alkyl halides is 3. The molecule has 6 rings (SSSR count). The number of hydrogen-bond acceptors (Lipinski definition) is 9. The molecule has 230 valence electrons. The van der Waals surface area contributed by atoms with Crippen molar-refractivity contribution in [2.45, 2.75) is 33.5 Å². The van der Waals surface area contributed by atoms with E-state index in [2.05, 4.69) is 19.9 Å². The van der Waals surface area contributed by atoms with Gasteiger partial charge in [0.15, 0.2) is 5.52 Å². The molecule has 45 heavy (non-hydrogen) atoms. The number of carboxylic acids is 1. The van der Waals surface area contributed by atoms with Crippen LogP contribution < -0.4 is 10.3 Å². The summed E-state index contributed by atoms with van der Waals surface area (Å²) < 4.78 is 50.1. The van der Waals surface area contributed by atoms with E-state index in [4.69, 9.17) is 16.3 Å². The van der Waals surface area contributed by atoms with E-state index in [1.165, 1.54) is 33.7 Å². The minimum absolute atomic E-state index is 0.0119. The number of carboxylic acid groups (broad SMARTS) is 1. The van der Waals surface area contributed by atoms with Crippen LogP contribution in [-0.2, 0) is 12.7 Å². The quantitative estimate of drug-likeness (QED) is 0.185. The molecule has 0 aliphatic rings. The number of rotatable bonds is 7. The highest BCUT2D eigenvalue weighted by molar-refractivity contribution is 7.18. The SMILES string of the molecule is Cc1cc(-c2cc(Cl)ccc2OCCn2c(C)nc3cc(C(F)(F)F)c(-c4scnc4C)nc3c2=O)c2scc(C(=O)O)c2n1. The van der Waals surface area contributed by atoms with Gasteiger partial charge in [-0.05, 0) is 51.1 Å². The van der Waals surface area contributed by atoms with Gasteiger partial charge < -0.3 is 9.84 Å². The van der Waals surface area contributed by atoms with Crippen molar-refractivity contribution in [3.63, 3.8) is 0 Å². The first kappa shape index (κ1) is 30.6. The van der Waals surface area contributed by atoms with Gasteiger partial charge in [0.25, 0.3) is 5.56 Å². The summed E-state index contributed by atoms with van der Waals surface area (Å²) in [5.41, 5.74) is 1.78. The van der Waals surface area contributed by atoms with Crippen LogP contribution >= 0.6 is 34.3 Å². The Bertz CT molecular complexity index is 2210. The minimum Gasteiger partial charge on any atom is -0.491 e. The molecule has 0 saturated heterocycles. The maximum absolute atomic E-state index is 14.0. The zero-order valence-corrected chi connectivity index (χ0v) is 26.1. The molecule has 5 heterocycles. The molecule has 6 aromatic rings. The van der Waals surface area contributed by atoms with Crippen molar-refractivity contribution in [2.75, 3.05) is 6.61 Å². The second-order valence-electron chi connectivity index (χ2n) is 10.1. The van der Waals surface area contributed by atoms with Crippen LogP contribution in [0.4, 0.5) is 13.2 Å². The van der Waals surface area contributed by atoms with E-state index in [-0.39, 0.29) is 46.1 Å². The fraction of sp³-hybridized carbons (Fsp3) is 0.200. The summed E-state index contributed by atoms with van der Waals surface area (Å²) in [6.45, 7) is 4.86. The Morgan fingerprint density at radius 2 is 1.82 bits per heavy atom. The predicted octanol–water partition coefficient (Wildman–Crippen LogP) is 7.57. The lowest BCUT2D eigenvalue weighted by Crippen LogP contribution is -2.27. The number of aromatic carboxylic acids is 1. The van der Waals surface area contributed by atoms with Gasteiger partial charge in [-0.2, -0.15) is 13.2 Å². The molecule has 0 amide bonds. The first-order valence-corrected chi connectivity index (χ1v) is 15.4. The van der Waals surface area contributed by atoms with E-state index in [9.17, 15) is 27.9 Å². The Hall–Kier alpha value is -4.40.